The Kier molecular flexibility index (Phi) is 10.4. The minimum absolute atomic E-state index is 0.0182. The fourth-order valence-electron chi connectivity index (χ4n) is 15.5. The van der Waals surface area contributed by atoms with Crippen LogP contribution in [0.5, 0.6) is 0 Å². The molecule has 9 nitrogen and oxygen atoms in total. The van der Waals surface area contributed by atoms with Gasteiger partial charge in [-0.05, 0) is 128 Å². The molecule has 1 saturated heterocycles. The summed E-state index contributed by atoms with van der Waals surface area (Å²) in [5, 5.41) is 13.9. The van der Waals surface area contributed by atoms with Gasteiger partial charge in [0.15, 0.2) is 9.84 Å². The number of hydrogen-bond donors (Lipinski definition) is 3. The number of carboxylic acid groups (broad SMARTS) is 1. The number of fused-ring (bicyclic) bond motifs is 7. The zero-order valence-electron chi connectivity index (χ0n) is 35.2. The average molecular weight is 774 g/mol. The number of carbonyl (C=O) groups excluding carboxylic acids is 1. The molecular weight excluding hydrogens is 699 g/mol. The van der Waals surface area contributed by atoms with E-state index in [0.717, 1.165) is 32.4 Å². The molecule has 13 atom stereocenters. The van der Waals surface area contributed by atoms with E-state index in [9.17, 15) is 23.1 Å². The summed E-state index contributed by atoms with van der Waals surface area (Å²) >= 11 is 0. The highest BCUT2D eigenvalue weighted by molar-refractivity contribution is 7.91. The molecule has 0 radical (unpaired) electrons. The molecule has 0 aromatic heterocycles. The van der Waals surface area contributed by atoms with Crippen LogP contribution in [0.2, 0.25) is 0 Å². The highest BCUT2D eigenvalue weighted by Gasteiger charge is 2.71. The summed E-state index contributed by atoms with van der Waals surface area (Å²) in [5.41, 5.74) is 6.88. The fourth-order valence-corrected chi connectivity index (χ4v) is 16.8. The molecule has 7 aliphatic rings. The van der Waals surface area contributed by atoms with E-state index < -0.39 is 27.1 Å². The lowest BCUT2D eigenvalue weighted by Gasteiger charge is -2.73. The van der Waals surface area contributed by atoms with Crippen LogP contribution in [-0.2, 0) is 24.2 Å². The van der Waals surface area contributed by atoms with E-state index in [1.807, 2.05) is 13.8 Å². The number of esters is 1. The van der Waals surface area contributed by atoms with Crippen molar-refractivity contribution in [1.29, 1.82) is 0 Å². The Morgan fingerprint density at radius 1 is 0.833 bits per heavy atom. The first-order valence-corrected chi connectivity index (χ1v) is 23.7. The van der Waals surface area contributed by atoms with E-state index in [1.165, 1.54) is 44.9 Å². The predicted octanol–water partition coefficient (Wildman–Crippen LogP) is 6.78. The molecule has 6 aliphatic carbocycles. The molecule has 4 N–H and O–H groups in total. The molecule has 1 aliphatic heterocycles. The SMILES string of the molecule is CC(C)[C@@H]1CC[C@]2(NCC(N)CN3CCS(=O)(=O)CC3)CC[C@]3(C)[C@H](CC[C@@H]4[C@@]5(C)CC[C@H](OC(=O)[C@H]6C[C@@H](C(=O)O)C6(C)C)C(C)(C)[C@@H]5CC[C@]43C)[C@@H]12. The second-order valence-electron chi connectivity index (χ2n) is 22.2. The van der Waals surface area contributed by atoms with E-state index >= 15 is 0 Å². The number of sulfone groups is 1. The zero-order valence-corrected chi connectivity index (χ0v) is 36.0. The summed E-state index contributed by atoms with van der Waals surface area (Å²) in [6.45, 7) is 24.2. The number of nitrogens with two attached hydrogens (primary N) is 1. The van der Waals surface area contributed by atoms with Gasteiger partial charge in [0.2, 0.25) is 0 Å². The van der Waals surface area contributed by atoms with Gasteiger partial charge in [-0.2, -0.15) is 0 Å². The minimum Gasteiger partial charge on any atom is -0.481 e. The van der Waals surface area contributed by atoms with Crippen LogP contribution in [0.3, 0.4) is 0 Å². The van der Waals surface area contributed by atoms with Crippen molar-refractivity contribution in [3.8, 4) is 0 Å². The van der Waals surface area contributed by atoms with Crippen molar-refractivity contribution in [2.24, 2.45) is 80.2 Å². The topological polar surface area (TPSA) is 139 Å². The standard InChI is InChI=1S/C44H75N3O6S/c1-27(2)29-12-17-44(46-25-28(45)26-47-20-22-54(51,52)23-21-47)19-18-42(8)30(36(29)44)10-11-34-41(7)15-14-35(40(5,6)33(41)13-16-43(34,42)9)53-38(50)32-24-31(37(48)49)39(32,3)4/h27-36,46H,10-26,45H2,1-9H3,(H,48,49)/t28?,29-,30+,31-,32+,33-,34+,35-,36+,41-,42+,43+,44-/m0/s1. The Morgan fingerprint density at radius 3 is 2.15 bits per heavy atom. The Bertz CT molecular complexity index is 1570. The molecule has 54 heavy (non-hydrogen) atoms. The molecule has 0 amide bonds. The summed E-state index contributed by atoms with van der Waals surface area (Å²) in [6, 6.07) is -0.0182. The summed E-state index contributed by atoms with van der Waals surface area (Å²) in [6.07, 6.45) is 12.1. The van der Waals surface area contributed by atoms with E-state index in [-0.39, 0.29) is 62.7 Å². The third-order valence-electron chi connectivity index (χ3n) is 19.0. The normalized spacial score (nSPS) is 46.9. The zero-order chi connectivity index (χ0) is 39.4. The number of aliphatic carboxylic acids is 1. The minimum atomic E-state index is -2.90. The molecular formula is C44H75N3O6S. The number of carboxylic acids is 1. The van der Waals surface area contributed by atoms with E-state index in [2.05, 4.69) is 58.7 Å². The summed E-state index contributed by atoms with van der Waals surface area (Å²) in [4.78, 5) is 27.6. The lowest BCUT2D eigenvalue weighted by molar-refractivity contribution is -0.249. The Hall–Kier alpha value is -1.23. The Morgan fingerprint density at radius 2 is 1.52 bits per heavy atom. The maximum Gasteiger partial charge on any atom is 0.309 e. The van der Waals surface area contributed by atoms with Gasteiger partial charge in [0.05, 0.1) is 23.3 Å². The van der Waals surface area contributed by atoms with Crippen molar-refractivity contribution >= 4 is 21.8 Å². The van der Waals surface area contributed by atoms with Gasteiger partial charge in [0.25, 0.3) is 0 Å². The molecule has 0 spiro atoms. The monoisotopic (exact) mass is 774 g/mol. The molecule has 1 heterocycles. The molecule has 0 aromatic rings. The molecule has 6 saturated carbocycles. The number of hydrogen-bond acceptors (Lipinski definition) is 8. The van der Waals surface area contributed by atoms with Crippen LogP contribution in [0.1, 0.15) is 133 Å². The van der Waals surface area contributed by atoms with Crippen LogP contribution in [0.4, 0.5) is 0 Å². The number of ether oxygens (including phenoxy) is 1. The molecule has 1 unspecified atom stereocenters. The maximum atomic E-state index is 13.6. The van der Waals surface area contributed by atoms with Crippen molar-refractivity contribution in [3.63, 3.8) is 0 Å². The number of nitrogens with zero attached hydrogens (tertiary/aromatic N) is 1. The first-order valence-electron chi connectivity index (χ1n) is 21.9. The summed E-state index contributed by atoms with van der Waals surface area (Å²) in [7, 11) is -2.90. The van der Waals surface area contributed by atoms with Crippen molar-refractivity contribution < 1.29 is 27.9 Å². The van der Waals surface area contributed by atoms with Crippen LogP contribution >= 0.6 is 0 Å². The number of nitrogens with one attached hydrogen (secondary N) is 1. The third kappa shape index (κ3) is 6.26. The average Bonchev–Trinajstić information content (AvgIpc) is 3.46. The molecule has 0 bridgehead atoms. The van der Waals surface area contributed by atoms with Crippen LogP contribution in [0.15, 0.2) is 0 Å². The second-order valence-corrected chi connectivity index (χ2v) is 24.5. The summed E-state index contributed by atoms with van der Waals surface area (Å²) in [5.74, 6) is 2.40. The lowest BCUT2D eigenvalue weighted by atomic mass is 9.32. The van der Waals surface area contributed by atoms with Gasteiger partial charge < -0.3 is 20.9 Å². The van der Waals surface area contributed by atoms with Crippen LogP contribution in [0.25, 0.3) is 0 Å². The highest BCUT2D eigenvalue weighted by Crippen LogP contribution is 2.76. The number of carbonyl (C=O) groups is 2. The molecule has 7 fully saturated rings. The first kappa shape index (κ1) is 40.9. The molecule has 308 valence electrons. The largest absolute Gasteiger partial charge is 0.481 e. The van der Waals surface area contributed by atoms with Crippen LogP contribution in [-0.4, -0.2) is 85.7 Å². The first-order chi connectivity index (χ1) is 25.0. The van der Waals surface area contributed by atoms with Crippen molar-refractivity contribution in [1.82, 2.24) is 10.2 Å². The molecule has 10 heteroatoms. The fraction of sp³-hybridized carbons (Fsp3) is 0.955. The molecule has 0 aromatic carbocycles. The van der Waals surface area contributed by atoms with Crippen molar-refractivity contribution in [3.05, 3.63) is 0 Å². The predicted molar refractivity (Wildman–Crippen MR) is 213 cm³/mol. The Balaban J connectivity index is 1.07. The van der Waals surface area contributed by atoms with Gasteiger partial charge in [0.1, 0.15) is 6.10 Å². The smallest absolute Gasteiger partial charge is 0.309 e. The van der Waals surface area contributed by atoms with Crippen molar-refractivity contribution in [2.75, 3.05) is 37.7 Å². The summed E-state index contributed by atoms with van der Waals surface area (Å²) < 4.78 is 30.5. The quantitative estimate of drug-likeness (QED) is 0.217. The lowest BCUT2D eigenvalue weighted by Crippen LogP contribution is -2.69. The highest BCUT2D eigenvalue weighted by atomic mass is 32.2. The second kappa shape index (κ2) is 13.7. The third-order valence-corrected chi connectivity index (χ3v) is 20.6. The van der Waals surface area contributed by atoms with Gasteiger partial charge in [0, 0.05) is 43.2 Å². The van der Waals surface area contributed by atoms with Gasteiger partial charge in [-0.1, -0.05) is 62.3 Å². The Labute approximate surface area is 327 Å². The van der Waals surface area contributed by atoms with E-state index in [4.69, 9.17) is 10.5 Å². The number of rotatable bonds is 9. The van der Waals surface area contributed by atoms with Gasteiger partial charge >= 0.3 is 11.9 Å². The van der Waals surface area contributed by atoms with Gasteiger partial charge in [-0.25, -0.2) is 8.42 Å². The van der Waals surface area contributed by atoms with E-state index in [1.54, 1.807) is 0 Å². The van der Waals surface area contributed by atoms with Crippen LogP contribution < -0.4 is 11.1 Å². The molecule has 7 rings (SSSR count). The van der Waals surface area contributed by atoms with E-state index in [0.29, 0.717) is 55.0 Å². The maximum absolute atomic E-state index is 13.6. The van der Waals surface area contributed by atoms with Crippen LogP contribution in [0, 0.1) is 74.4 Å². The van der Waals surface area contributed by atoms with Crippen molar-refractivity contribution in [2.45, 2.75) is 151 Å². The van der Waals surface area contributed by atoms with Gasteiger partial charge in [-0.15, -0.1) is 0 Å². The van der Waals surface area contributed by atoms with Gasteiger partial charge in [-0.3, -0.25) is 14.5 Å².